The summed E-state index contributed by atoms with van der Waals surface area (Å²) in [6, 6.07) is 3.94. The Morgan fingerprint density at radius 1 is 1.14 bits per heavy atom. The molecule has 0 aliphatic carbocycles. The minimum atomic E-state index is 1.02. The third-order valence-electron chi connectivity index (χ3n) is 2.27. The molecular formula is C10H8N4. The number of hydrogen-bond donors (Lipinski definition) is 2. The van der Waals surface area contributed by atoms with E-state index in [1.165, 1.54) is 0 Å². The highest BCUT2D eigenvalue weighted by Crippen LogP contribution is 2.25. The molecule has 2 N–H and O–H groups in total. The van der Waals surface area contributed by atoms with Crippen molar-refractivity contribution in [3.8, 4) is 11.3 Å². The van der Waals surface area contributed by atoms with Crippen LogP contribution in [0.4, 0.5) is 0 Å². The molecule has 0 radical (unpaired) electrons. The number of nitrogens with one attached hydrogen (secondary N) is 2. The van der Waals surface area contributed by atoms with Crippen LogP contribution < -0.4 is 0 Å². The van der Waals surface area contributed by atoms with Crippen LogP contribution in [0.1, 0.15) is 0 Å². The van der Waals surface area contributed by atoms with E-state index in [1.54, 1.807) is 12.4 Å². The largest absolute Gasteiger partial charge is 0.359 e. The first-order valence-corrected chi connectivity index (χ1v) is 4.36. The standard InChI is InChI=1S/C10H8N4/c1-3-11-6-10-7(1)8(5-12-10)9-2-4-13-14-9/h1-6,12H,(H,13,14). The minimum Gasteiger partial charge on any atom is -0.359 e. The third-order valence-corrected chi connectivity index (χ3v) is 2.27. The Hall–Kier alpha value is -2.10. The SMILES string of the molecule is c1cc2c(-c3ccn[nH]3)c[nH]c2cn1. The summed E-state index contributed by atoms with van der Waals surface area (Å²) in [6.45, 7) is 0. The van der Waals surface area contributed by atoms with Crippen molar-refractivity contribution in [3.05, 3.63) is 36.9 Å². The van der Waals surface area contributed by atoms with Crippen molar-refractivity contribution < 1.29 is 0 Å². The number of aromatic nitrogens is 4. The quantitative estimate of drug-likeness (QED) is 0.607. The first-order chi connectivity index (χ1) is 6.95. The van der Waals surface area contributed by atoms with Gasteiger partial charge in [0.15, 0.2) is 0 Å². The van der Waals surface area contributed by atoms with Gasteiger partial charge in [-0.2, -0.15) is 5.10 Å². The summed E-state index contributed by atoms with van der Waals surface area (Å²) >= 11 is 0. The van der Waals surface area contributed by atoms with Crippen LogP contribution in [0.5, 0.6) is 0 Å². The van der Waals surface area contributed by atoms with Crippen molar-refractivity contribution >= 4 is 10.9 Å². The average molecular weight is 184 g/mol. The summed E-state index contributed by atoms with van der Waals surface area (Å²) in [6.07, 6.45) is 7.31. The normalized spacial score (nSPS) is 10.9. The van der Waals surface area contributed by atoms with Crippen LogP contribution in [0.25, 0.3) is 22.2 Å². The van der Waals surface area contributed by atoms with E-state index in [0.29, 0.717) is 0 Å². The second-order valence-corrected chi connectivity index (χ2v) is 3.09. The van der Waals surface area contributed by atoms with Gasteiger partial charge in [0.25, 0.3) is 0 Å². The predicted octanol–water partition coefficient (Wildman–Crippen LogP) is 1.95. The zero-order valence-corrected chi connectivity index (χ0v) is 7.36. The van der Waals surface area contributed by atoms with Crippen LogP contribution in [0, 0.1) is 0 Å². The molecule has 0 atom stereocenters. The highest BCUT2D eigenvalue weighted by atomic mass is 15.1. The molecular weight excluding hydrogens is 176 g/mol. The Kier molecular flexibility index (Phi) is 1.41. The average Bonchev–Trinajstić information content (AvgIpc) is 2.85. The van der Waals surface area contributed by atoms with Gasteiger partial charge in [-0.3, -0.25) is 10.1 Å². The maximum Gasteiger partial charge on any atom is 0.0671 e. The number of hydrogen-bond acceptors (Lipinski definition) is 2. The van der Waals surface area contributed by atoms with Crippen molar-refractivity contribution in [2.75, 3.05) is 0 Å². The zero-order chi connectivity index (χ0) is 9.38. The number of nitrogens with zero attached hydrogens (tertiary/aromatic N) is 2. The molecule has 3 aromatic rings. The maximum absolute atomic E-state index is 4.05. The highest BCUT2D eigenvalue weighted by Gasteiger charge is 2.05. The Morgan fingerprint density at radius 2 is 2.14 bits per heavy atom. The van der Waals surface area contributed by atoms with E-state index in [2.05, 4.69) is 20.2 Å². The Bertz CT molecular complexity index is 550. The topological polar surface area (TPSA) is 57.4 Å². The molecule has 0 unspecified atom stereocenters. The Balaban J connectivity index is 2.33. The molecule has 3 aromatic heterocycles. The van der Waals surface area contributed by atoms with Crippen molar-refractivity contribution in [1.29, 1.82) is 0 Å². The lowest BCUT2D eigenvalue weighted by molar-refractivity contribution is 1.10. The first-order valence-electron chi connectivity index (χ1n) is 4.36. The lowest BCUT2D eigenvalue weighted by Crippen LogP contribution is -1.75. The van der Waals surface area contributed by atoms with Crippen molar-refractivity contribution in [2.24, 2.45) is 0 Å². The summed E-state index contributed by atoms with van der Waals surface area (Å²) in [5, 5.41) is 8.03. The molecule has 0 spiro atoms. The molecule has 0 saturated heterocycles. The van der Waals surface area contributed by atoms with Gasteiger partial charge in [-0.15, -0.1) is 0 Å². The summed E-state index contributed by atoms with van der Waals surface area (Å²) < 4.78 is 0. The van der Waals surface area contributed by atoms with Gasteiger partial charge in [-0.25, -0.2) is 0 Å². The Labute approximate surface area is 80.0 Å². The maximum atomic E-state index is 4.05. The summed E-state index contributed by atoms with van der Waals surface area (Å²) in [5.74, 6) is 0. The van der Waals surface area contributed by atoms with E-state index in [0.717, 1.165) is 22.2 Å². The van der Waals surface area contributed by atoms with Gasteiger partial charge >= 0.3 is 0 Å². The van der Waals surface area contributed by atoms with E-state index >= 15 is 0 Å². The molecule has 3 heterocycles. The van der Waals surface area contributed by atoms with Crippen molar-refractivity contribution in [3.63, 3.8) is 0 Å². The highest BCUT2D eigenvalue weighted by molar-refractivity contribution is 5.93. The van der Waals surface area contributed by atoms with Crippen molar-refractivity contribution in [2.45, 2.75) is 0 Å². The molecule has 0 saturated carbocycles. The molecule has 0 fully saturated rings. The summed E-state index contributed by atoms with van der Waals surface area (Å²) in [5.41, 5.74) is 3.18. The van der Waals surface area contributed by atoms with Crippen molar-refractivity contribution in [1.82, 2.24) is 20.2 Å². The number of fused-ring (bicyclic) bond motifs is 1. The molecule has 4 nitrogen and oxygen atoms in total. The number of aromatic amines is 2. The monoisotopic (exact) mass is 184 g/mol. The molecule has 0 bridgehead atoms. The number of pyridine rings is 1. The van der Waals surface area contributed by atoms with Crippen LogP contribution in [0.3, 0.4) is 0 Å². The van der Waals surface area contributed by atoms with Crippen LogP contribution in [-0.2, 0) is 0 Å². The fourth-order valence-electron chi connectivity index (χ4n) is 1.60. The molecule has 0 amide bonds. The fraction of sp³-hybridized carbons (Fsp3) is 0. The number of rotatable bonds is 1. The van der Waals surface area contributed by atoms with Gasteiger partial charge in [-0.1, -0.05) is 0 Å². The second-order valence-electron chi connectivity index (χ2n) is 3.09. The first kappa shape index (κ1) is 7.32. The molecule has 0 aliphatic rings. The van der Waals surface area contributed by atoms with Gasteiger partial charge in [0.05, 0.1) is 17.4 Å². The smallest absolute Gasteiger partial charge is 0.0671 e. The van der Waals surface area contributed by atoms with Gasteiger partial charge in [0, 0.05) is 29.5 Å². The second kappa shape index (κ2) is 2.70. The summed E-state index contributed by atoms with van der Waals surface area (Å²) in [7, 11) is 0. The fourth-order valence-corrected chi connectivity index (χ4v) is 1.60. The van der Waals surface area contributed by atoms with Crippen LogP contribution >= 0.6 is 0 Å². The van der Waals surface area contributed by atoms with Gasteiger partial charge in [0.1, 0.15) is 0 Å². The van der Waals surface area contributed by atoms with Gasteiger partial charge < -0.3 is 4.98 Å². The van der Waals surface area contributed by atoms with Crippen LogP contribution in [-0.4, -0.2) is 20.2 Å². The molecule has 4 heteroatoms. The van der Waals surface area contributed by atoms with Crippen LogP contribution in [0.15, 0.2) is 36.9 Å². The molecule has 0 aromatic carbocycles. The lowest BCUT2D eigenvalue weighted by Gasteiger charge is -1.92. The van der Waals surface area contributed by atoms with E-state index in [-0.39, 0.29) is 0 Å². The molecule has 3 rings (SSSR count). The van der Waals surface area contributed by atoms with E-state index in [1.807, 2.05) is 24.5 Å². The third kappa shape index (κ3) is 0.939. The van der Waals surface area contributed by atoms with E-state index < -0.39 is 0 Å². The van der Waals surface area contributed by atoms with E-state index in [4.69, 9.17) is 0 Å². The summed E-state index contributed by atoms with van der Waals surface area (Å²) in [4.78, 5) is 7.22. The molecule has 68 valence electrons. The predicted molar refractivity (Wildman–Crippen MR) is 53.7 cm³/mol. The van der Waals surface area contributed by atoms with Gasteiger partial charge in [0.2, 0.25) is 0 Å². The molecule has 0 aliphatic heterocycles. The van der Waals surface area contributed by atoms with E-state index in [9.17, 15) is 0 Å². The lowest BCUT2D eigenvalue weighted by atomic mass is 10.1. The zero-order valence-electron chi connectivity index (χ0n) is 7.36. The minimum absolute atomic E-state index is 1.02. The Morgan fingerprint density at radius 3 is 3.00 bits per heavy atom. The number of H-pyrrole nitrogens is 2. The molecule has 14 heavy (non-hydrogen) atoms. The van der Waals surface area contributed by atoms with Crippen LogP contribution in [0.2, 0.25) is 0 Å². The van der Waals surface area contributed by atoms with Gasteiger partial charge in [-0.05, 0) is 12.1 Å².